The van der Waals surface area contributed by atoms with Crippen LogP contribution in [0.25, 0.3) is 0 Å². The van der Waals surface area contributed by atoms with E-state index in [0.717, 1.165) is 6.42 Å². The highest BCUT2D eigenvalue weighted by atomic mass is 16.1. The summed E-state index contributed by atoms with van der Waals surface area (Å²) in [5, 5.41) is 0. The fourth-order valence-electron chi connectivity index (χ4n) is 4.49. The number of hydrogen-bond donors (Lipinski definition) is 0. The molecule has 0 aromatic carbocycles. The molecule has 96 valence electrons. The Labute approximate surface area is 106 Å². The molecular weight excluding hydrogens is 208 g/mol. The van der Waals surface area contributed by atoms with Crippen molar-refractivity contribution in [3.05, 3.63) is 11.6 Å². The Hall–Kier alpha value is -0.590. The summed E-state index contributed by atoms with van der Waals surface area (Å²) in [5.74, 6) is 2.46. The van der Waals surface area contributed by atoms with E-state index in [1.807, 2.05) is 0 Å². The van der Waals surface area contributed by atoms with Crippen LogP contribution in [0, 0.1) is 29.1 Å². The van der Waals surface area contributed by atoms with Crippen molar-refractivity contribution in [2.24, 2.45) is 29.1 Å². The summed E-state index contributed by atoms with van der Waals surface area (Å²) in [4.78, 5) is 11.8. The Kier molecular flexibility index (Phi) is 3.47. The quantitative estimate of drug-likeness (QED) is 0.514. The summed E-state index contributed by atoms with van der Waals surface area (Å²) in [6.45, 7) is 9.00. The Bertz CT molecular complexity index is 328. The molecule has 1 nitrogen and oxygen atoms in total. The van der Waals surface area contributed by atoms with Crippen LogP contribution in [0.2, 0.25) is 0 Å². The molecule has 0 aliphatic heterocycles. The van der Waals surface area contributed by atoms with E-state index >= 15 is 0 Å². The molecule has 0 aromatic heterocycles. The van der Waals surface area contributed by atoms with Gasteiger partial charge in [-0.25, -0.2) is 0 Å². The molecule has 0 saturated heterocycles. The lowest BCUT2D eigenvalue weighted by Gasteiger charge is -2.40. The molecule has 2 rings (SSSR count). The second-order valence-corrected chi connectivity index (χ2v) is 6.58. The minimum Gasteiger partial charge on any atom is -0.303 e. The third kappa shape index (κ3) is 1.88. The molecule has 0 heterocycles. The van der Waals surface area contributed by atoms with Gasteiger partial charge in [-0.1, -0.05) is 38.8 Å². The molecule has 1 heteroatoms. The smallest absolute Gasteiger partial charge is 0.127 e. The maximum atomic E-state index is 11.8. The van der Waals surface area contributed by atoms with E-state index in [-0.39, 0.29) is 5.41 Å². The summed E-state index contributed by atoms with van der Waals surface area (Å²) in [6, 6.07) is 0. The van der Waals surface area contributed by atoms with Crippen molar-refractivity contribution in [3.8, 4) is 0 Å². The summed E-state index contributed by atoms with van der Waals surface area (Å²) in [5.41, 5.74) is 1.52. The first-order chi connectivity index (χ1) is 8.05. The van der Waals surface area contributed by atoms with Crippen molar-refractivity contribution in [3.63, 3.8) is 0 Å². The molecule has 4 unspecified atom stereocenters. The maximum absolute atomic E-state index is 11.8. The lowest BCUT2D eigenvalue weighted by Crippen LogP contribution is -2.38. The highest BCUT2D eigenvalue weighted by molar-refractivity contribution is 5.64. The predicted octanol–water partition coefficient (Wildman–Crippen LogP) is 4.23. The SMILES string of the molecule is CCCC1C2CC(C=C2C)C1(C=O)CC(C)C. The van der Waals surface area contributed by atoms with Gasteiger partial charge < -0.3 is 4.79 Å². The van der Waals surface area contributed by atoms with Crippen LogP contribution in [0.5, 0.6) is 0 Å². The van der Waals surface area contributed by atoms with Gasteiger partial charge in [-0.2, -0.15) is 0 Å². The number of rotatable bonds is 5. The van der Waals surface area contributed by atoms with Gasteiger partial charge in [0, 0.05) is 5.41 Å². The largest absolute Gasteiger partial charge is 0.303 e. The highest BCUT2D eigenvalue weighted by Gasteiger charge is 2.56. The van der Waals surface area contributed by atoms with Crippen LogP contribution >= 0.6 is 0 Å². The van der Waals surface area contributed by atoms with E-state index in [2.05, 4.69) is 33.8 Å². The normalized spacial score (nSPS) is 39.8. The van der Waals surface area contributed by atoms with Crippen LogP contribution in [-0.2, 0) is 4.79 Å². The standard InChI is InChI=1S/C16H26O/c1-5-6-15-14-8-13(7-12(14)4)16(15,10-17)9-11(2)3/h7,10-11,13-15H,5-6,8-9H2,1-4H3. The number of carbonyl (C=O) groups is 1. The Balaban J connectivity index is 2.32. The van der Waals surface area contributed by atoms with E-state index in [9.17, 15) is 4.79 Å². The molecule has 1 fully saturated rings. The second-order valence-electron chi connectivity index (χ2n) is 6.58. The molecular formula is C16H26O. The van der Waals surface area contributed by atoms with Gasteiger partial charge in [-0.3, -0.25) is 0 Å². The lowest BCUT2D eigenvalue weighted by atomic mass is 9.63. The fourth-order valence-corrected chi connectivity index (χ4v) is 4.49. The molecule has 0 spiro atoms. The zero-order chi connectivity index (χ0) is 12.6. The predicted molar refractivity (Wildman–Crippen MR) is 71.7 cm³/mol. The first kappa shape index (κ1) is 12.9. The van der Waals surface area contributed by atoms with Gasteiger partial charge in [0.2, 0.25) is 0 Å². The number of carbonyl (C=O) groups excluding carboxylic acids is 1. The van der Waals surface area contributed by atoms with Crippen molar-refractivity contribution in [2.45, 2.75) is 53.4 Å². The third-order valence-electron chi connectivity index (χ3n) is 5.00. The van der Waals surface area contributed by atoms with Gasteiger partial charge in [0.1, 0.15) is 6.29 Å². The summed E-state index contributed by atoms with van der Waals surface area (Å²) in [6.07, 6.45) is 8.45. The Morgan fingerprint density at radius 2 is 2.24 bits per heavy atom. The average Bonchev–Trinajstić information content (AvgIpc) is 2.76. The zero-order valence-electron chi connectivity index (χ0n) is 11.7. The maximum Gasteiger partial charge on any atom is 0.127 e. The minimum atomic E-state index is -0.0334. The summed E-state index contributed by atoms with van der Waals surface area (Å²) < 4.78 is 0. The number of allylic oxidation sites excluding steroid dienone is 2. The molecule has 17 heavy (non-hydrogen) atoms. The molecule has 4 atom stereocenters. The van der Waals surface area contributed by atoms with Gasteiger partial charge >= 0.3 is 0 Å². The van der Waals surface area contributed by atoms with Gasteiger partial charge in [0.15, 0.2) is 0 Å². The fraction of sp³-hybridized carbons (Fsp3) is 0.812. The summed E-state index contributed by atoms with van der Waals surface area (Å²) >= 11 is 0. The molecule has 0 aromatic rings. The van der Waals surface area contributed by atoms with Crippen LogP contribution in [0.3, 0.4) is 0 Å². The van der Waals surface area contributed by atoms with Crippen LogP contribution in [0.1, 0.15) is 53.4 Å². The van der Waals surface area contributed by atoms with Gasteiger partial charge in [-0.15, -0.1) is 0 Å². The Morgan fingerprint density at radius 1 is 1.53 bits per heavy atom. The molecule has 0 radical (unpaired) electrons. The van der Waals surface area contributed by atoms with Crippen molar-refractivity contribution < 1.29 is 4.79 Å². The molecule has 2 bridgehead atoms. The van der Waals surface area contributed by atoms with Crippen LogP contribution in [-0.4, -0.2) is 6.29 Å². The first-order valence-corrected chi connectivity index (χ1v) is 7.19. The Morgan fingerprint density at radius 3 is 2.76 bits per heavy atom. The van der Waals surface area contributed by atoms with E-state index < -0.39 is 0 Å². The van der Waals surface area contributed by atoms with Crippen molar-refractivity contribution in [1.29, 1.82) is 0 Å². The molecule has 2 aliphatic rings. The third-order valence-corrected chi connectivity index (χ3v) is 5.00. The van der Waals surface area contributed by atoms with Crippen LogP contribution in [0.15, 0.2) is 11.6 Å². The average molecular weight is 234 g/mol. The molecule has 2 aliphatic carbocycles. The van der Waals surface area contributed by atoms with E-state index in [1.165, 1.54) is 25.5 Å². The first-order valence-electron chi connectivity index (χ1n) is 7.19. The molecule has 0 amide bonds. The number of fused-ring (bicyclic) bond motifs is 2. The van der Waals surface area contributed by atoms with Crippen molar-refractivity contribution in [2.75, 3.05) is 0 Å². The molecule has 0 N–H and O–H groups in total. The number of aldehydes is 1. The van der Waals surface area contributed by atoms with E-state index in [0.29, 0.717) is 23.7 Å². The topological polar surface area (TPSA) is 17.1 Å². The molecule has 1 saturated carbocycles. The lowest BCUT2D eigenvalue weighted by molar-refractivity contribution is -0.121. The van der Waals surface area contributed by atoms with E-state index in [4.69, 9.17) is 0 Å². The second kappa shape index (κ2) is 4.59. The van der Waals surface area contributed by atoms with E-state index in [1.54, 1.807) is 5.57 Å². The van der Waals surface area contributed by atoms with Gasteiger partial charge in [-0.05, 0) is 49.9 Å². The van der Waals surface area contributed by atoms with Crippen LogP contribution in [0.4, 0.5) is 0 Å². The van der Waals surface area contributed by atoms with Gasteiger partial charge in [0.05, 0.1) is 0 Å². The van der Waals surface area contributed by atoms with Crippen molar-refractivity contribution >= 4 is 6.29 Å². The monoisotopic (exact) mass is 234 g/mol. The minimum absolute atomic E-state index is 0.0334. The number of hydrogen-bond acceptors (Lipinski definition) is 1. The summed E-state index contributed by atoms with van der Waals surface area (Å²) in [7, 11) is 0. The van der Waals surface area contributed by atoms with Gasteiger partial charge in [0.25, 0.3) is 0 Å². The van der Waals surface area contributed by atoms with Crippen molar-refractivity contribution in [1.82, 2.24) is 0 Å². The zero-order valence-corrected chi connectivity index (χ0v) is 11.7. The highest BCUT2D eigenvalue weighted by Crippen LogP contribution is 2.61. The van der Waals surface area contributed by atoms with Crippen LogP contribution < -0.4 is 0 Å².